The number of carbonyl (C=O) groups excluding carboxylic acids is 1. The van der Waals surface area contributed by atoms with Crippen molar-refractivity contribution in [3.05, 3.63) is 23.8 Å². The lowest BCUT2D eigenvalue weighted by atomic mass is 10.0. The van der Waals surface area contributed by atoms with Gasteiger partial charge in [-0.3, -0.25) is 4.79 Å². The number of alkyl halides is 1. The zero-order valence-corrected chi connectivity index (χ0v) is 13.7. The van der Waals surface area contributed by atoms with Gasteiger partial charge in [-0.15, -0.1) is 11.6 Å². The largest absolute Gasteiger partial charge is 0.493 e. The Bertz CT molecular complexity index is 451. The van der Waals surface area contributed by atoms with Crippen molar-refractivity contribution in [1.82, 2.24) is 5.32 Å². The molecule has 1 atom stereocenters. The monoisotopic (exact) mass is 313 g/mol. The maximum Gasteiger partial charge on any atom is 0.224 e. The van der Waals surface area contributed by atoms with Crippen molar-refractivity contribution in [2.24, 2.45) is 5.92 Å². The molecule has 0 bridgehead atoms. The van der Waals surface area contributed by atoms with Gasteiger partial charge in [0.1, 0.15) is 0 Å². The molecule has 1 amide bonds. The zero-order valence-electron chi connectivity index (χ0n) is 12.9. The van der Waals surface area contributed by atoms with Gasteiger partial charge in [0.25, 0.3) is 0 Å². The minimum absolute atomic E-state index is 0.00948. The Labute approximate surface area is 131 Å². The SMILES string of the molecule is CCC(CCCl)CNC(=O)Cc1ccc(OC)c(OC)c1. The van der Waals surface area contributed by atoms with Crippen molar-refractivity contribution in [1.29, 1.82) is 0 Å². The summed E-state index contributed by atoms with van der Waals surface area (Å²) in [5, 5.41) is 2.96. The highest BCUT2D eigenvalue weighted by molar-refractivity contribution is 6.17. The fraction of sp³-hybridized carbons (Fsp3) is 0.562. The van der Waals surface area contributed by atoms with Gasteiger partial charge in [-0.25, -0.2) is 0 Å². The van der Waals surface area contributed by atoms with Gasteiger partial charge in [0.2, 0.25) is 5.91 Å². The van der Waals surface area contributed by atoms with Crippen LogP contribution in [0.1, 0.15) is 25.3 Å². The highest BCUT2D eigenvalue weighted by Crippen LogP contribution is 2.27. The summed E-state index contributed by atoms with van der Waals surface area (Å²) < 4.78 is 10.4. The van der Waals surface area contributed by atoms with Crippen LogP contribution in [0.15, 0.2) is 18.2 Å². The maximum absolute atomic E-state index is 12.0. The summed E-state index contributed by atoms with van der Waals surface area (Å²) in [6, 6.07) is 5.51. The van der Waals surface area contributed by atoms with Gasteiger partial charge in [0, 0.05) is 12.4 Å². The Morgan fingerprint density at radius 1 is 1.29 bits per heavy atom. The fourth-order valence-corrected chi connectivity index (χ4v) is 2.41. The molecule has 0 fully saturated rings. The summed E-state index contributed by atoms with van der Waals surface area (Å²) in [6.45, 7) is 2.78. The molecule has 0 radical (unpaired) electrons. The first-order valence-electron chi connectivity index (χ1n) is 7.18. The van der Waals surface area contributed by atoms with E-state index < -0.39 is 0 Å². The van der Waals surface area contributed by atoms with Gasteiger partial charge in [0.05, 0.1) is 20.6 Å². The summed E-state index contributed by atoms with van der Waals surface area (Å²) in [7, 11) is 3.17. The summed E-state index contributed by atoms with van der Waals surface area (Å²) in [6.07, 6.45) is 2.27. The van der Waals surface area contributed by atoms with Gasteiger partial charge < -0.3 is 14.8 Å². The van der Waals surface area contributed by atoms with Gasteiger partial charge in [-0.2, -0.15) is 0 Å². The zero-order chi connectivity index (χ0) is 15.7. The molecule has 21 heavy (non-hydrogen) atoms. The molecule has 1 aromatic rings. The lowest BCUT2D eigenvalue weighted by Gasteiger charge is -2.14. The predicted molar refractivity (Wildman–Crippen MR) is 85.4 cm³/mol. The molecular formula is C16H24ClNO3. The van der Waals surface area contributed by atoms with Crippen molar-refractivity contribution in [3.63, 3.8) is 0 Å². The molecule has 5 heteroatoms. The molecule has 0 aromatic heterocycles. The van der Waals surface area contributed by atoms with Gasteiger partial charge >= 0.3 is 0 Å². The molecule has 0 heterocycles. The molecule has 1 aromatic carbocycles. The number of hydrogen-bond donors (Lipinski definition) is 1. The molecule has 4 nitrogen and oxygen atoms in total. The summed E-state index contributed by atoms with van der Waals surface area (Å²) in [5.41, 5.74) is 0.899. The van der Waals surface area contributed by atoms with Crippen LogP contribution in [-0.4, -0.2) is 32.6 Å². The number of benzene rings is 1. The van der Waals surface area contributed by atoms with E-state index in [-0.39, 0.29) is 5.91 Å². The lowest BCUT2D eigenvalue weighted by molar-refractivity contribution is -0.120. The smallest absolute Gasteiger partial charge is 0.224 e. The first-order chi connectivity index (χ1) is 10.1. The van der Waals surface area contributed by atoms with Crippen molar-refractivity contribution in [2.45, 2.75) is 26.2 Å². The minimum Gasteiger partial charge on any atom is -0.493 e. The summed E-state index contributed by atoms with van der Waals surface area (Å²) >= 11 is 5.74. The topological polar surface area (TPSA) is 47.6 Å². The van der Waals surface area contributed by atoms with E-state index in [9.17, 15) is 4.79 Å². The lowest BCUT2D eigenvalue weighted by Crippen LogP contribution is -2.30. The van der Waals surface area contributed by atoms with Crippen molar-refractivity contribution >= 4 is 17.5 Å². The second-order valence-corrected chi connectivity index (χ2v) is 5.30. The van der Waals surface area contributed by atoms with Gasteiger partial charge in [0.15, 0.2) is 11.5 Å². The van der Waals surface area contributed by atoms with Crippen LogP contribution in [0.2, 0.25) is 0 Å². The molecule has 0 aliphatic rings. The predicted octanol–water partition coefficient (Wildman–Crippen LogP) is 3.02. The molecule has 118 valence electrons. The van der Waals surface area contributed by atoms with E-state index in [0.29, 0.717) is 36.3 Å². The Morgan fingerprint density at radius 2 is 2.00 bits per heavy atom. The highest BCUT2D eigenvalue weighted by Gasteiger charge is 2.10. The molecule has 0 saturated carbocycles. The molecule has 0 aliphatic heterocycles. The molecule has 0 aliphatic carbocycles. The Morgan fingerprint density at radius 3 is 2.57 bits per heavy atom. The van der Waals surface area contributed by atoms with E-state index in [1.807, 2.05) is 18.2 Å². The van der Waals surface area contributed by atoms with Crippen LogP contribution in [0.5, 0.6) is 11.5 Å². The molecule has 1 N–H and O–H groups in total. The Balaban J connectivity index is 2.54. The summed E-state index contributed by atoms with van der Waals surface area (Å²) in [4.78, 5) is 12.0. The fourth-order valence-electron chi connectivity index (χ4n) is 2.10. The quantitative estimate of drug-likeness (QED) is 0.713. The van der Waals surface area contributed by atoms with Crippen LogP contribution in [0.3, 0.4) is 0 Å². The van der Waals surface area contributed by atoms with Crippen molar-refractivity contribution in [2.75, 3.05) is 26.6 Å². The van der Waals surface area contributed by atoms with Crippen LogP contribution in [-0.2, 0) is 11.2 Å². The number of nitrogens with one attached hydrogen (secondary N) is 1. The first-order valence-corrected chi connectivity index (χ1v) is 7.71. The van der Waals surface area contributed by atoms with E-state index in [1.54, 1.807) is 14.2 Å². The molecule has 1 rings (SSSR count). The second kappa shape index (κ2) is 9.50. The number of carbonyl (C=O) groups is 1. The van der Waals surface area contributed by atoms with Crippen LogP contribution in [0.25, 0.3) is 0 Å². The molecule has 0 saturated heterocycles. The number of halogens is 1. The highest BCUT2D eigenvalue weighted by atomic mass is 35.5. The van der Waals surface area contributed by atoms with Crippen LogP contribution < -0.4 is 14.8 Å². The third-order valence-corrected chi connectivity index (χ3v) is 3.71. The molecular weight excluding hydrogens is 290 g/mol. The average molecular weight is 314 g/mol. The molecule has 0 spiro atoms. The number of methoxy groups -OCH3 is 2. The second-order valence-electron chi connectivity index (χ2n) is 4.92. The standard InChI is InChI=1S/C16H24ClNO3/c1-4-12(7-8-17)11-18-16(19)10-13-5-6-14(20-2)15(9-13)21-3/h5-6,9,12H,4,7-8,10-11H2,1-3H3,(H,18,19). The van der Waals surface area contributed by atoms with E-state index in [1.165, 1.54) is 0 Å². The van der Waals surface area contributed by atoms with Crippen LogP contribution in [0, 0.1) is 5.92 Å². The minimum atomic E-state index is 0.00948. The third kappa shape index (κ3) is 5.84. The van der Waals surface area contributed by atoms with E-state index in [0.717, 1.165) is 18.4 Å². The summed E-state index contributed by atoms with van der Waals surface area (Å²) in [5.74, 6) is 2.38. The Hall–Kier alpha value is -1.42. The van der Waals surface area contributed by atoms with Crippen LogP contribution in [0.4, 0.5) is 0 Å². The third-order valence-electron chi connectivity index (χ3n) is 3.50. The van der Waals surface area contributed by atoms with Crippen LogP contribution >= 0.6 is 11.6 Å². The van der Waals surface area contributed by atoms with Gasteiger partial charge in [-0.05, 0) is 30.0 Å². The number of amides is 1. The average Bonchev–Trinajstić information content (AvgIpc) is 2.51. The van der Waals surface area contributed by atoms with Crippen molar-refractivity contribution in [3.8, 4) is 11.5 Å². The first kappa shape index (κ1) is 17.6. The normalized spacial score (nSPS) is 11.8. The van der Waals surface area contributed by atoms with E-state index >= 15 is 0 Å². The van der Waals surface area contributed by atoms with E-state index in [4.69, 9.17) is 21.1 Å². The van der Waals surface area contributed by atoms with Crippen molar-refractivity contribution < 1.29 is 14.3 Å². The maximum atomic E-state index is 12.0. The number of ether oxygens (including phenoxy) is 2. The number of rotatable bonds is 9. The number of hydrogen-bond acceptors (Lipinski definition) is 3. The van der Waals surface area contributed by atoms with Gasteiger partial charge in [-0.1, -0.05) is 19.4 Å². The molecule has 1 unspecified atom stereocenters. The Kier molecular flexibility index (Phi) is 7.98. The van der Waals surface area contributed by atoms with E-state index in [2.05, 4.69) is 12.2 Å².